The molecule has 18 heavy (non-hydrogen) atoms. The van der Waals surface area contributed by atoms with Gasteiger partial charge < -0.3 is 16.5 Å². The lowest BCUT2D eigenvalue weighted by Gasteiger charge is -2.08. The smallest absolute Gasteiger partial charge is 0.320 e. The van der Waals surface area contributed by atoms with Crippen molar-refractivity contribution in [2.75, 3.05) is 0 Å². The van der Waals surface area contributed by atoms with E-state index in [1.165, 1.54) is 18.2 Å². The summed E-state index contributed by atoms with van der Waals surface area (Å²) < 4.78 is 25.9. The molecule has 0 aliphatic heterocycles. The molecular weight excluding hydrogens is 242 g/mol. The second kappa shape index (κ2) is 6.33. The zero-order chi connectivity index (χ0) is 13.5. The van der Waals surface area contributed by atoms with E-state index in [0.29, 0.717) is 11.8 Å². The molecule has 0 aromatic heterocycles. The third kappa shape index (κ3) is 3.85. The molecule has 2 amide bonds. The van der Waals surface area contributed by atoms with Crippen LogP contribution in [0.2, 0.25) is 0 Å². The first-order valence-corrected chi connectivity index (χ1v) is 4.98. The number of carbonyl (C=O) groups excluding carboxylic acids is 1. The van der Waals surface area contributed by atoms with Crippen LogP contribution < -0.4 is 16.4 Å². The Morgan fingerprint density at radius 1 is 1.44 bits per heavy atom. The van der Waals surface area contributed by atoms with Crippen LogP contribution in [0.5, 0.6) is 0 Å². The molecule has 0 saturated carbocycles. The van der Waals surface area contributed by atoms with Crippen molar-refractivity contribution in [2.45, 2.75) is 6.54 Å². The van der Waals surface area contributed by atoms with Gasteiger partial charge in [0.2, 0.25) is 0 Å². The van der Waals surface area contributed by atoms with E-state index in [2.05, 4.69) is 5.32 Å². The van der Waals surface area contributed by atoms with Crippen LogP contribution in [0.4, 0.5) is 13.6 Å². The van der Waals surface area contributed by atoms with Gasteiger partial charge in [-0.05, 0) is 6.07 Å². The van der Waals surface area contributed by atoms with Crippen molar-refractivity contribution in [1.29, 1.82) is 5.41 Å². The Morgan fingerprint density at radius 2 is 2.11 bits per heavy atom. The van der Waals surface area contributed by atoms with Gasteiger partial charge >= 0.3 is 6.03 Å². The van der Waals surface area contributed by atoms with Crippen molar-refractivity contribution < 1.29 is 13.6 Å². The maximum Gasteiger partial charge on any atom is 0.320 e. The minimum Gasteiger partial charge on any atom is -0.383 e. The van der Waals surface area contributed by atoms with E-state index in [9.17, 15) is 13.6 Å². The van der Waals surface area contributed by atoms with Gasteiger partial charge in [0.25, 0.3) is 0 Å². The summed E-state index contributed by atoms with van der Waals surface area (Å²) >= 11 is 0. The van der Waals surface area contributed by atoms with Crippen LogP contribution in [0.1, 0.15) is 5.56 Å². The topological polar surface area (TPSA) is 91.0 Å². The lowest BCUT2D eigenvalue weighted by Crippen LogP contribution is -2.37. The Labute approximate surface area is 102 Å². The molecule has 0 aliphatic carbocycles. The lowest BCUT2D eigenvalue weighted by atomic mass is 10.2. The van der Waals surface area contributed by atoms with Gasteiger partial charge in [-0.1, -0.05) is 18.2 Å². The molecule has 0 spiro atoms. The summed E-state index contributed by atoms with van der Waals surface area (Å²) in [7, 11) is 0. The van der Waals surface area contributed by atoms with Crippen molar-refractivity contribution in [3.8, 4) is 0 Å². The van der Waals surface area contributed by atoms with Crippen molar-refractivity contribution in [3.63, 3.8) is 0 Å². The molecule has 0 fully saturated rings. The Bertz CT molecular complexity index is 488. The summed E-state index contributed by atoms with van der Waals surface area (Å²) in [5.41, 5.74) is 5.43. The number of allylic oxidation sites excluding steroid dienone is 1. The van der Waals surface area contributed by atoms with E-state index in [4.69, 9.17) is 11.1 Å². The Kier molecular flexibility index (Phi) is 4.79. The fraction of sp³-hybridized carbons (Fsp3) is 0.0909. The maximum atomic E-state index is 13.2. The molecule has 5 nitrogen and oxygen atoms in total. The van der Waals surface area contributed by atoms with Gasteiger partial charge in [0.15, 0.2) is 5.83 Å². The molecule has 0 saturated heterocycles. The first-order chi connectivity index (χ1) is 8.54. The maximum absolute atomic E-state index is 13.2. The number of urea groups is 1. The van der Waals surface area contributed by atoms with Crippen molar-refractivity contribution in [2.24, 2.45) is 5.73 Å². The molecule has 0 radical (unpaired) electrons. The minimum atomic E-state index is -1.06. The van der Waals surface area contributed by atoms with Crippen molar-refractivity contribution >= 4 is 12.2 Å². The van der Waals surface area contributed by atoms with E-state index in [0.717, 1.165) is 0 Å². The van der Waals surface area contributed by atoms with Gasteiger partial charge in [0, 0.05) is 12.1 Å². The molecule has 1 rings (SSSR count). The van der Waals surface area contributed by atoms with Crippen LogP contribution in [-0.4, -0.2) is 12.2 Å². The Morgan fingerprint density at radius 3 is 2.72 bits per heavy atom. The van der Waals surface area contributed by atoms with Gasteiger partial charge in [-0.25, -0.2) is 13.6 Å². The molecule has 0 aliphatic rings. The fourth-order valence-electron chi connectivity index (χ4n) is 1.12. The molecule has 1 aromatic rings. The summed E-state index contributed by atoms with van der Waals surface area (Å²) in [6.45, 7) is -0.0575. The minimum absolute atomic E-state index is 0.0575. The molecule has 0 heterocycles. The van der Waals surface area contributed by atoms with Crippen LogP contribution in [0.25, 0.3) is 0 Å². The number of hydrogen-bond donors (Lipinski definition) is 4. The first-order valence-electron chi connectivity index (χ1n) is 4.98. The number of carbonyl (C=O) groups is 1. The molecular formula is C11H12F2N4O. The number of amides is 2. The monoisotopic (exact) mass is 254 g/mol. The summed E-state index contributed by atoms with van der Waals surface area (Å²) in [5.74, 6) is -2.08. The normalized spacial score (nSPS) is 11.4. The Balaban J connectivity index is 2.53. The van der Waals surface area contributed by atoms with Gasteiger partial charge in [-0.2, -0.15) is 0 Å². The average Bonchev–Trinajstić information content (AvgIpc) is 2.36. The van der Waals surface area contributed by atoms with E-state index >= 15 is 0 Å². The zero-order valence-electron chi connectivity index (χ0n) is 9.34. The SMILES string of the molecule is N=C/C(F)=C(\N)NC(=O)NCc1ccccc1F. The van der Waals surface area contributed by atoms with E-state index in [1.807, 2.05) is 5.32 Å². The quantitative estimate of drug-likeness (QED) is 0.611. The number of halogens is 2. The number of hydrogen-bond acceptors (Lipinski definition) is 3. The van der Waals surface area contributed by atoms with Crippen LogP contribution in [0.3, 0.4) is 0 Å². The molecule has 0 unspecified atom stereocenters. The number of nitrogens with one attached hydrogen (secondary N) is 3. The molecule has 96 valence electrons. The average molecular weight is 254 g/mol. The highest BCUT2D eigenvalue weighted by atomic mass is 19.1. The zero-order valence-corrected chi connectivity index (χ0v) is 9.34. The predicted octanol–water partition coefficient (Wildman–Crippen LogP) is 1.37. The van der Waals surface area contributed by atoms with E-state index in [1.54, 1.807) is 6.07 Å². The highest BCUT2D eigenvalue weighted by Gasteiger charge is 2.06. The second-order valence-electron chi connectivity index (χ2n) is 3.31. The first kappa shape index (κ1) is 13.6. The van der Waals surface area contributed by atoms with Gasteiger partial charge in [-0.3, -0.25) is 5.32 Å². The van der Waals surface area contributed by atoms with E-state index < -0.39 is 23.5 Å². The van der Waals surface area contributed by atoms with E-state index in [-0.39, 0.29) is 6.54 Å². The van der Waals surface area contributed by atoms with Gasteiger partial charge in [0.05, 0.1) is 6.21 Å². The molecule has 7 heteroatoms. The van der Waals surface area contributed by atoms with Crippen LogP contribution >= 0.6 is 0 Å². The standard InChI is InChI=1S/C11H12F2N4O/c12-8-4-2-1-3-7(8)6-16-11(18)17-10(15)9(13)5-14/h1-5,14H,6,15H2,(H2,16,17,18)/b10-9-,14-5?. The third-order valence-electron chi connectivity index (χ3n) is 2.03. The second-order valence-corrected chi connectivity index (χ2v) is 3.31. The highest BCUT2D eigenvalue weighted by Crippen LogP contribution is 2.05. The third-order valence-corrected chi connectivity index (χ3v) is 2.03. The highest BCUT2D eigenvalue weighted by molar-refractivity contribution is 5.79. The fourth-order valence-corrected chi connectivity index (χ4v) is 1.12. The number of rotatable bonds is 4. The summed E-state index contributed by atoms with van der Waals surface area (Å²) in [5, 5.41) is 10.9. The van der Waals surface area contributed by atoms with Crippen LogP contribution in [-0.2, 0) is 6.54 Å². The molecule has 0 atom stereocenters. The number of benzene rings is 1. The van der Waals surface area contributed by atoms with Gasteiger partial charge in [-0.15, -0.1) is 0 Å². The van der Waals surface area contributed by atoms with Gasteiger partial charge in [0.1, 0.15) is 11.6 Å². The molecule has 1 aromatic carbocycles. The Hall–Kier alpha value is -2.44. The van der Waals surface area contributed by atoms with Crippen LogP contribution in [0, 0.1) is 11.2 Å². The predicted molar refractivity (Wildman–Crippen MR) is 62.9 cm³/mol. The lowest BCUT2D eigenvalue weighted by molar-refractivity contribution is 0.242. The van der Waals surface area contributed by atoms with Crippen molar-refractivity contribution in [1.82, 2.24) is 10.6 Å². The summed E-state index contributed by atoms with van der Waals surface area (Å²) in [6.07, 6.45) is 0.368. The summed E-state index contributed by atoms with van der Waals surface area (Å²) in [4.78, 5) is 11.3. The van der Waals surface area contributed by atoms with Crippen molar-refractivity contribution in [3.05, 3.63) is 47.3 Å². The van der Waals surface area contributed by atoms with Crippen LogP contribution in [0.15, 0.2) is 35.9 Å². The largest absolute Gasteiger partial charge is 0.383 e. The molecule has 0 bridgehead atoms. The number of nitrogens with two attached hydrogens (primary N) is 1. The summed E-state index contributed by atoms with van der Waals surface area (Å²) in [6, 6.07) is 5.14. The molecule has 5 N–H and O–H groups in total.